The second-order valence-electron chi connectivity index (χ2n) is 2.89. The third-order valence-corrected chi connectivity index (χ3v) is 4.30. The zero-order chi connectivity index (χ0) is 15.6. The van der Waals surface area contributed by atoms with Crippen LogP contribution < -0.4 is 0 Å². The van der Waals surface area contributed by atoms with Gasteiger partial charge in [0.15, 0.2) is 0 Å². The van der Waals surface area contributed by atoms with Gasteiger partial charge in [-0.2, -0.15) is 0 Å². The molecule has 0 saturated heterocycles. The fourth-order valence-electron chi connectivity index (χ4n) is 1.41. The molecule has 1 heterocycles. The Balaban J connectivity index is 2.73. The van der Waals surface area contributed by atoms with Gasteiger partial charge in [-0.3, -0.25) is 0 Å². The Kier molecular flexibility index (Phi) is 1.20. The molecule has 0 aliphatic rings. The highest BCUT2D eigenvalue weighted by molar-refractivity contribution is 9.10. The van der Waals surface area contributed by atoms with Crippen molar-refractivity contribution in [3.05, 3.63) is 45.7 Å². The molecule has 0 aliphatic carbocycles. The van der Waals surface area contributed by atoms with E-state index >= 15 is 0 Å². The van der Waals surface area contributed by atoms with Gasteiger partial charge in [0.05, 0.1) is 12.9 Å². The number of fused-ring (bicyclic) bond motifs is 3. The zero-order valence-corrected chi connectivity index (χ0v) is 10.3. The van der Waals surface area contributed by atoms with Gasteiger partial charge in [0.1, 0.15) is 0 Å². The van der Waals surface area contributed by atoms with E-state index in [1.807, 2.05) is 0 Å². The Labute approximate surface area is 113 Å². The van der Waals surface area contributed by atoms with Crippen molar-refractivity contribution in [2.24, 2.45) is 0 Å². The van der Waals surface area contributed by atoms with Crippen molar-refractivity contribution < 1.29 is 8.22 Å². The third kappa shape index (κ3) is 1.40. The minimum absolute atomic E-state index is 0.0366. The molecule has 1 aromatic heterocycles. The van der Waals surface area contributed by atoms with Crippen LogP contribution in [0.25, 0.3) is 20.2 Å². The van der Waals surface area contributed by atoms with Gasteiger partial charge in [0.25, 0.3) is 0 Å². The molecule has 0 radical (unpaired) electrons. The summed E-state index contributed by atoms with van der Waals surface area (Å²) in [6, 6.07) is -1.17. The van der Waals surface area contributed by atoms with Crippen molar-refractivity contribution in [1.29, 1.82) is 0 Å². The number of hydrogen-bond donors (Lipinski definition) is 0. The van der Waals surface area contributed by atoms with E-state index in [1.165, 1.54) is 0 Å². The van der Waals surface area contributed by atoms with Crippen molar-refractivity contribution in [3.8, 4) is 0 Å². The summed E-state index contributed by atoms with van der Waals surface area (Å²) in [6.45, 7) is 0. The molecule has 74 valence electrons. The van der Waals surface area contributed by atoms with Crippen LogP contribution in [0.3, 0.4) is 0 Å². The molecule has 0 atom stereocenters. The quantitative estimate of drug-likeness (QED) is 0.516. The Morgan fingerprint density at radius 1 is 1.20 bits per heavy atom. The van der Waals surface area contributed by atoms with E-state index in [4.69, 9.17) is 19.8 Å². The first kappa shape index (κ1) is 5.17. The topological polar surface area (TPSA) is 0 Å². The van der Waals surface area contributed by atoms with E-state index in [-0.39, 0.29) is 41.3 Å². The normalized spacial score (nSPS) is 16.9. The van der Waals surface area contributed by atoms with E-state index < -0.39 is 0 Å². The average Bonchev–Trinajstić information content (AvgIpc) is 2.87. The van der Waals surface area contributed by atoms with Gasteiger partial charge in [-0.25, -0.2) is 0 Å². The standard InChI is InChI=1S/C12H6BrClS/c13-8-5-6-9(14)11-7-3-1-2-4-10(7)15-12(8)11/h1-6H/i1D,2D,3D,4D,5D,6D. The molecule has 0 fully saturated rings. The van der Waals surface area contributed by atoms with E-state index in [0.717, 1.165) is 11.3 Å². The SMILES string of the molecule is [2H]c1c([2H])c([2H])c2c(sc3c(Br)c([2H])c([2H])c(Cl)c32)c1[2H]. The monoisotopic (exact) mass is 302 g/mol. The predicted molar refractivity (Wildman–Crippen MR) is 72.0 cm³/mol. The molecule has 0 N–H and O–H groups in total. The van der Waals surface area contributed by atoms with Crippen LogP contribution in [0.5, 0.6) is 0 Å². The van der Waals surface area contributed by atoms with Gasteiger partial charge in [-0.15, -0.1) is 11.3 Å². The number of hydrogen-bond acceptors (Lipinski definition) is 1. The van der Waals surface area contributed by atoms with Gasteiger partial charge < -0.3 is 0 Å². The molecular formula is C12H6BrClS. The van der Waals surface area contributed by atoms with Crippen molar-refractivity contribution in [1.82, 2.24) is 0 Å². The molecule has 0 spiro atoms. The smallest absolute Gasteiger partial charge is 0.0639 e. The maximum atomic E-state index is 8.05. The summed E-state index contributed by atoms with van der Waals surface area (Å²) in [5.74, 6) is 0. The first-order valence-electron chi connectivity index (χ1n) is 7.04. The molecule has 0 saturated carbocycles. The molecule has 0 nitrogen and oxygen atoms in total. The molecule has 0 unspecified atom stereocenters. The van der Waals surface area contributed by atoms with Crippen LogP contribution in [0, 0.1) is 0 Å². The number of thiophene rings is 1. The highest BCUT2D eigenvalue weighted by Gasteiger charge is 2.09. The van der Waals surface area contributed by atoms with Gasteiger partial charge in [0.2, 0.25) is 0 Å². The average molecular weight is 304 g/mol. The van der Waals surface area contributed by atoms with E-state index in [0.29, 0.717) is 24.6 Å². The summed E-state index contributed by atoms with van der Waals surface area (Å²) in [4.78, 5) is 0. The Hall–Kier alpha value is -0.570. The molecule has 3 aromatic rings. The molecule has 15 heavy (non-hydrogen) atoms. The predicted octanol–water partition coefficient (Wildman–Crippen LogP) is 5.47. The number of benzene rings is 2. The Morgan fingerprint density at radius 3 is 2.87 bits per heavy atom. The lowest BCUT2D eigenvalue weighted by atomic mass is 10.1. The molecule has 0 bridgehead atoms. The molecule has 0 amide bonds. The first-order valence-corrected chi connectivity index (χ1v) is 6.02. The molecular weight excluding hydrogens is 292 g/mol. The molecule has 3 rings (SSSR count). The molecule has 3 heteroatoms. The van der Waals surface area contributed by atoms with Crippen LogP contribution in [0.15, 0.2) is 40.7 Å². The van der Waals surface area contributed by atoms with Crippen molar-refractivity contribution in [2.75, 3.05) is 0 Å². The lowest BCUT2D eigenvalue weighted by molar-refractivity contribution is 1.79. The largest absolute Gasteiger partial charge is 0.134 e. The molecule has 2 aromatic carbocycles. The summed E-state index contributed by atoms with van der Waals surface area (Å²) >= 11 is 10.6. The number of rotatable bonds is 0. The molecule has 0 aliphatic heterocycles. The summed E-state index contributed by atoms with van der Waals surface area (Å²) < 4.78 is 48.6. The fraction of sp³-hybridized carbons (Fsp3) is 0. The lowest BCUT2D eigenvalue weighted by Crippen LogP contribution is -1.70. The van der Waals surface area contributed by atoms with Crippen LogP contribution >= 0.6 is 38.9 Å². The van der Waals surface area contributed by atoms with E-state index in [1.54, 1.807) is 0 Å². The Morgan fingerprint density at radius 2 is 2.00 bits per heavy atom. The van der Waals surface area contributed by atoms with E-state index in [2.05, 4.69) is 15.9 Å². The lowest BCUT2D eigenvalue weighted by Gasteiger charge is -1.96. The van der Waals surface area contributed by atoms with Gasteiger partial charge in [0, 0.05) is 25.0 Å². The van der Waals surface area contributed by atoms with Crippen molar-refractivity contribution in [2.45, 2.75) is 0 Å². The second-order valence-corrected chi connectivity index (χ2v) is 5.08. The second kappa shape index (κ2) is 3.48. The first-order chi connectivity index (χ1) is 9.77. The third-order valence-electron chi connectivity index (χ3n) is 2.04. The highest BCUT2D eigenvalue weighted by atomic mass is 79.9. The van der Waals surface area contributed by atoms with Crippen LogP contribution in [-0.4, -0.2) is 0 Å². The minimum atomic E-state index is -0.333. The zero-order valence-electron chi connectivity index (χ0n) is 13.2. The van der Waals surface area contributed by atoms with Crippen molar-refractivity contribution in [3.63, 3.8) is 0 Å². The highest BCUT2D eigenvalue weighted by Crippen LogP contribution is 2.41. The number of halogens is 2. The van der Waals surface area contributed by atoms with Crippen LogP contribution in [0.1, 0.15) is 8.22 Å². The summed E-state index contributed by atoms with van der Waals surface area (Å²) in [5, 5.41) is 0.742. The fourth-order valence-corrected chi connectivity index (χ4v) is 3.25. The Bertz CT molecular complexity index is 861. The van der Waals surface area contributed by atoms with Crippen molar-refractivity contribution >= 4 is 59.0 Å². The summed E-state index contributed by atoms with van der Waals surface area (Å²) in [6.07, 6.45) is 0. The maximum Gasteiger partial charge on any atom is 0.0639 e. The maximum absolute atomic E-state index is 8.05. The minimum Gasteiger partial charge on any atom is -0.134 e. The van der Waals surface area contributed by atoms with Gasteiger partial charge in [-0.1, -0.05) is 29.7 Å². The summed E-state index contributed by atoms with van der Waals surface area (Å²) in [5.41, 5.74) is 0. The van der Waals surface area contributed by atoms with Crippen LogP contribution in [0.4, 0.5) is 0 Å². The van der Waals surface area contributed by atoms with Gasteiger partial charge >= 0.3 is 0 Å². The van der Waals surface area contributed by atoms with E-state index in [9.17, 15) is 0 Å². The van der Waals surface area contributed by atoms with Crippen LogP contribution in [0.2, 0.25) is 5.02 Å². The summed E-state index contributed by atoms with van der Waals surface area (Å²) in [7, 11) is 0. The van der Waals surface area contributed by atoms with Gasteiger partial charge in [-0.05, 0) is 34.1 Å². The van der Waals surface area contributed by atoms with Crippen LogP contribution in [-0.2, 0) is 0 Å².